The Bertz CT molecular complexity index is 1130. The maximum Gasteiger partial charge on any atom is 0.296 e. The summed E-state index contributed by atoms with van der Waals surface area (Å²) in [6, 6.07) is 15.8. The largest absolute Gasteiger partial charge is 0.304 e. The zero-order chi connectivity index (χ0) is 20.3. The van der Waals surface area contributed by atoms with E-state index in [0.29, 0.717) is 17.7 Å². The minimum Gasteiger partial charge on any atom is -0.304 e. The molecule has 3 heterocycles. The monoisotopic (exact) mass is 418 g/mol. The first-order valence-corrected chi connectivity index (χ1v) is 11.1. The van der Waals surface area contributed by atoms with Gasteiger partial charge in [-0.3, -0.25) is 4.79 Å². The van der Waals surface area contributed by atoms with Crippen molar-refractivity contribution in [3.63, 3.8) is 0 Å². The lowest BCUT2D eigenvalue weighted by atomic mass is 9.96. The van der Waals surface area contributed by atoms with Gasteiger partial charge in [0, 0.05) is 6.07 Å². The average molecular weight is 419 g/mol. The molecule has 8 heteroatoms. The number of hydrogen-bond donors (Lipinski definition) is 1. The Hall–Kier alpha value is -3.26. The van der Waals surface area contributed by atoms with Gasteiger partial charge in [0.2, 0.25) is 5.82 Å². The van der Waals surface area contributed by atoms with E-state index in [9.17, 15) is 4.79 Å². The number of thiophene rings is 1. The Kier molecular flexibility index (Phi) is 5.15. The number of nitrogens with zero attached hydrogens (tertiary/aromatic N) is 5. The summed E-state index contributed by atoms with van der Waals surface area (Å²) in [4.78, 5) is 18.6. The topological polar surface area (TPSA) is 77.6 Å². The van der Waals surface area contributed by atoms with Gasteiger partial charge < -0.3 is 5.32 Å². The van der Waals surface area contributed by atoms with Crippen LogP contribution in [0, 0.1) is 0 Å². The number of para-hydroxylation sites is 1. The molecule has 1 saturated carbocycles. The summed E-state index contributed by atoms with van der Waals surface area (Å²) in [6.45, 7) is 0. The van der Waals surface area contributed by atoms with Gasteiger partial charge in [-0.05, 0) is 36.4 Å². The molecule has 0 unspecified atom stereocenters. The molecule has 0 bridgehead atoms. The van der Waals surface area contributed by atoms with E-state index in [-0.39, 0.29) is 11.7 Å². The molecule has 0 aliphatic heterocycles. The molecule has 7 nitrogen and oxygen atoms in total. The highest BCUT2D eigenvalue weighted by Crippen LogP contribution is 2.30. The second-order valence-corrected chi connectivity index (χ2v) is 8.34. The minimum atomic E-state index is -0.333. The summed E-state index contributed by atoms with van der Waals surface area (Å²) in [5.74, 6) is 1.15. The van der Waals surface area contributed by atoms with Crippen LogP contribution < -0.4 is 5.32 Å². The van der Waals surface area contributed by atoms with E-state index >= 15 is 0 Å². The maximum absolute atomic E-state index is 13.0. The van der Waals surface area contributed by atoms with Crippen molar-refractivity contribution >= 4 is 23.1 Å². The number of amides is 1. The highest BCUT2D eigenvalue weighted by molar-refractivity contribution is 7.13. The normalized spacial score (nSPS) is 14.7. The van der Waals surface area contributed by atoms with Crippen LogP contribution in [0.5, 0.6) is 0 Å². The van der Waals surface area contributed by atoms with Crippen molar-refractivity contribution in [3.05, 3.63) is 65.9 Å². The van der Waals surface area contributed by atoms with Crippen LogP contribution in [-0.4, -0.2) is 30.5 Å². The minimum absolute atomic E-state index is 0.138. The molecule has 152 valence electrons. The fourth-order valence-corrected chi connectivity index (χ4v) is 4.62. The first kappa shape index (κ1) is 18.7. The van der Waals surface area contributed by atoms with Gasteiger partial charge in [0.25, 0.3) is 5.91 Å². The molecule has 4 aromatic rings. The zero-order valence-electron chi connectivity index (χ0n) is 16.4. The second-order valence-electron chi connectivity index (χ2n) is 7.39. The fraction of sp³-hybridized carbons (Fsp3) is 0.273. The summed E-state index contributed by atoms with van der Waals surface area (Å²) in [7, 11) is 0. The Morgan fingerprint density at radius 1 is 1.03 bits per heavy atom. The predicted octanol–water partition coefficient (Wildman–Crippen LogP) is 4.95. The predicted molar refractivity (Wildman–Crippen MR) is 117 cm³/mol. The summed E-state index contributed by atoms with van der Waals surface area (Å²) in [6.07, 6.45) is 7.58. The number of benzene rings is 1. The summed E-state index contributed by atoms with van der Waals surface area (Å²) < 4.78 is 3.66. The lowest BCUT2D eigenvalue weighted by molar-refractivity contribution is 0.101. The lowest BCUT2D eigenvalue weighted by Crippen LogP contribution is -2.21. The highest BCUT2D eigenvalue weighted by atomic mass is 32.1. The van der Waals surface area contributed by atoms with Crippen LogP contribution in [0.1, 0.15) is 48.8 Å². The van der Waals surface area contributed by atoms with Crippen molar-refractivity contribution in [1.82, 2.24) is 24.5 Å². The molecule has 1 amide bonds. The van der Waals surface area contributed by atoms with Crippen LogP contribution in [0.4, 0.5) is 5.82 Å². The molecule has 1 aliphatic rings. The molecule has 0 saturated heterocycles. The van der Waals surface area contributed by atoms with Crippen molar-refractivity contribution in [2.75, 3.05) is 5.32 Å². The molecule has 0 spiro atoms. The molecule has 1 N–H and O–H groups in total. The van der Waals surface area contributed by atoms with Gasteiger partial charge in [-0.15, -0.1) is 16.4 Å². The fourth-order valence-electron chi connectivity index (χ4n) is 3.92. The van der Waals surface area contributed by atoms with Crippen molar-refractivity contribution in [2.24, 2.45) is 0 Å². The van der Waals surface area contributed by atoms with E-state index in [4.69, 9.17) is 0 Å². The number of anilines is 1. The standard InChI is InChI=1S/C22H22N6OS/c29-22(24-19-13-14-23-27(19)16-8-3-1-4-9-16)20-25-21(18-12-7-15-30-18)28(26-20)17-10-5-2-6-11-17/h2,5-7,10-16H,1,3-4,8-9H2,(H,24,29). The van der Waals surface area contributed by atoms with E-state index in [1.54, 1.807) is 22.2 Å². The van der Waals surface area contributed by atoms with Gasteiger partial charge in [0.15, 0.2) is 5.82 Å². The summed E-state index contributed by atoms with van der Waals surface area (Å²) in [5.41, 5.74) is 0.861. The Labute approximate surface area is 178 Å². The SMILES string of the molecule is O=C(Nc1ccnn1C1CCCCC1)c1nc(-c2cccs2)n(-c2ccccc2)n1. The van der Waals surface area contributed by atoms with Crippen molar-refractivity contribution in [3.8, 4) is 16.4 Å². The number of carbonyl (C=O) groups excluding carboxylic acids is 1. The van der Waals surface area contributed by atoms with E-state index in [1.165, 1.54) is 19.3 Å². The van der Waals surface area contributed by atoms with Gasteiger partial charge in [0.05, 0.1) is 22.8 Å². The summed E-state index contributed by atoms with van der Waals surface area (Å²) in [5, 5.41) is 13.9. The van der Waals surface area contributed by atoms with Crippen LogP contribution in [0.25, 0.3) is 16.4 Å². The average Bonchev–Trinajstić information content (AvgIpc) is 3.55. The first-order valence-electron chi connectivity index (χ1n) is 10.2. The third-order valence-corrected chi connectivity index (χ3v) is 6.25. The number of hydrogen-bond acceptors (Lipinski definition) is 5. The Morgan fingerprint density at radius 2 is 1.87 bits per heavy atom. The number of nitrogens with one attached hydrogen (secondary N) is 1. The Balaban J connectivity index is 1.45. The van der Waals surface area contributed by atoms with Crippen LogP contribution >= 0.6 is 11.3 Å². The van der Waals surface area contributed by atoms with Crippen molar-refractivity contribution in [2.45, 2.75) is 38.1 Å². The molecular weight excluding hydrogens is 396 g/mol. The Morgan fingerprint density at radius 3 is 2.63 bits per heavy atom. The van der Waals surface area contributed by atoms with Crippen LogP contribution in [0.15, 0.2) is 60.1 Å². The van der Waals surface area contributed by atoms with Gasteiger partial charge in [-0.25, -0.2) is 14.3 Å². The van der Waals surface area contributed by atoms with Crippen LogP contribution in [0.2, 0.25) is 0 Å². The number of aromatic nitrogens is 5. The van der Waals surface area contributed by atoms with Crippen molar-refractivity contribution in [1.29, 1.82) is 0 Å². The van der Waals surface area contributed by atoms with E-state index < -0.39 is 0 Å². The zero-order valence-corrected chi connectivity index (χ0v) is 17.3. The number of carbonyl (C=O) groups is 1. The second kappa shape index (κ2) is 8.23. The molecular formula is C22H22N6OS. The van der Waals surface area contributed by atoms with Gasteiger partial charge in [-0.2, -0.15) is 5.10 Å². The molecule has 5 rings (SSSR count). The van der Waals surface area contributed by atoms with E-state index in [0.717, 1.165) is 23.4 Å². The van der Waals surface area contributed by atoms with E-state index in [2.05, 4.69) is 20.5 Å². The van der Waals surface area contributed by atoms with Gasteiger partial charge in [-0.1, -0.05) is 43.5 Å². The maximum atomic E-state index is 13.0. The van der Waals surface area contributed by atoms with Gasteiger partial charge in [0.1, 0.15) is 5.82 Å². The molecule has 1 aliphatic carbocycles. The third kappa shape index (κ3) is 3.66. The van der Waals surface area contributed by atoms with Crippen LogP contribution in [-0.2, 0) is 0 Å². The smallest absolute Gasteiger partial charge is 0.296 e. The van der Waals surface area contributed by atoms with Crippen LogP contribution in [0.3, 0.4) is 0 Å². The van der Waals surface area contributed by atoms with Gasteiger partial charge >= 0.3 is 0 Å². The first-order chi connectivity index (χ1) is 14.8. The van der Waals surface area contributed by atoms with Crippen molar-refractivity contribution < 1.29 is 4.79 Å². The third-order valence-electron chi connectivity index (χ3n) is 5.39. The molecule has 0 radical (unpaired) electrons. The quantitative estimate of drug-likeness (QED) is 0.497. The molecule has 1 fully saturated rings. The highest BCUT2D eigenvalue weighted by Gasteiger charge is 2.23. The molecule has 3 aromatic heterocycles. The van der Waals surface area contributed by atoms with E-state index in [1.807, 2.05) is 58.6 Å². The number of rotatable bonds is 5. The molecule has 30 heavy (non-hydrogen) atoms. The lowest BCUT2D eigenvalue weighted by Gasteiger charge is -2.23. The summed E-state index contributed by atoms with van der Waals surface area (Å²) >= 11 is 1.57. The molecule has 0 atom stereocenters. The molecule has 1 aromatic carbocycles.